The van der Waals surface area contributed by atoms with E-state index in [-0.39, 0.29) is 0 Å². The van der Waals surface area contributed by atoms with Crippen LogP contribution in [0.15, 0.2) is 12.4 Å². The van der Waals surface area contributed by atoms with Gasteiger partial charge in [-0.1, -0.05) is 12.2 Å². The summed E-state index contributed by atoms with van der Waals surface area (Å²) in [5.41, 5.74) is 5.39. The van der Waals surface area contributed by atoms with Gasteiger partial charge in [0.1, 0.15) is 5.82 Å². The molecular weight excluding hydrogens is 158 g/mol. The van der Waals surface area contributed by atoms with E-state index in [0.29, 0.717) is 11.4 Å². The van der Waals surface area contributed by atoms with Crippen LogP contribution >= 0.6 is 12.2 Å². The van der Waals surface area contributed by atoms with E-state index in [1.54, 1.807) is 6.20 Å². The first kappa shape index (κ1) is 8.20. The van der Waals surface area contributed by atoms with Gasteiger partial charge in [-0.2, -0.15) is 0 Å². The van der Waals surface area contributed by atoms with E-state index in [1.165, 1.54) is 0 Å². The van der Waals surface area contributed by atoms with Gasteiger partial charge < -0.3 is 10.3 Å². The number of imidazole rings is 1. The number of nitrogens with two attached hydrogens (primary N) is 1. The lowest BCUT2D eigenvalue weighted by atomic mass is 10.4. The summed E-state index contributed by atoms with van der Waals surface area (Å²) >= 11 is 4.78. The molecular formula is C7H11N3S. The Morgan fingerprint density at radius 3 is 3.09 bits per heavy atom. The number of aromatic nitrogens is 2. The lowest BCUT2D eigenvalue weighted by molar-refractivity contribution is 0.721. The van der Waals surface area contributed by atoms with Crippen LogP contribution in [0.2, 0.25) is 0 Å². The second kappa shape index (κ2) is 3.48. The Morgan fingerprint density at radius 1 is 1.82 bits per heavy atom. The lowest BCUT2D eigenvalue weighted by Crippen LogP contribution is -2.14. The number of hydrogen-bond acceptors (Lipinski definition) is 2. The highest BCUT2D eigenvalue weighted by Crippen LogP contribution is 1.97. The van der Waals surface area contributed by atoms with Crippen LogP contribution in [0.3, 0.4) is 0 Å². The zero-order valence-corrected chi connectivity index (χ0v) is 7.27. The predicted octanol–water partition coefficient (Wildman–Crippen LogP) is 0.732. The molecule has 11 heavy (non-hydrogen) atoms. The molecule has 1 aromatic heterocycles. The van der Waals surface area contributed by atoms with Crippen molar-refractivity contribution < 1.29 is 0 Å². The Morgan fingerprint density at radius 2 is 2.55 bits per heavy atom. The van der Waals surface area contributed by atoms with E-state index in [4.69, 9.17) is 18.0 Å². The van der Waals surface area contributed by atoms with Gasteiger partial charge in [-0.25, -0.2) is 4.98 Å². The summed E-state index contributed by atoms with van der Waals surface area (Å²) in [6, 6.07) is 0. The minimum absolute atomic E-state index is 0.492. The van der Waals surface area contributed by atoms with Gasteiger partial charge in [-0.05, 0) is 6.92 Å². The second-order valence-corrected chi connectivity index (χ2v) is 2.80. The fraction of sp³-hybridized carbons (Fsp3) is 0.429. The standard InChI is InChI=1S/C7H11N3S/c1-2-10-4-3-9-7(10)5-6(8)11/h3-4H,2,5H2,1H3,(H2,8,11). The van der Waals surface area contributed by atoms with Crippen molar-refractivity contribution in [2.75, 3.05) is 0 Å². The molecule has 1 heterocycles. The van der Waals surface area contributed by atoms with Crippen molar-refractivity contribution in [3.63, 3.8) is 0 Å². The van der Waals surface area contributed by atoms with Crippen molar-refractivity contribution in [1.82, 2.24) is 9.55 Å². The minimum Gasteiger partial charge on any atom is -0.393 e. The smallest absolute Gasteiger partial charge is 0.115 e. The van der Waals surface area contributed by atoms with Gasteiger partial charge >= 0.3 is 0 Å². The number of rotatable bonds is 3. The summed E-state index contributed by atoms with van der Waals surface area (Å²) in [5.74, 6) is 0.944. The summed E-state index contributed by atoms with van der Waals surface area (Å²) in [4.78, 5) is 4.61. The average Bonchev–Trinajstić information content (AvgIpc) is 2.34. The number of nitrogens with zero attached hydrogens (tertiary/aromatic N) is 2. The van der Waals surface area contributed by atoms with Crippen LogP contribution in [-0.4, -0.2) is 14.5 Å². The maximum atomic E-state index is 5.39. The zero-order chi connectivity index (χ0) is 8.27. The molecule has 0 saturated carbocycles. The van der Waals surface area contributed by atoms with Crippen LogP contribution < -0.4 is 5.73 Å². The van der Waals surface area contributed by atoms with Gasteiger partial charge in [0.05, 0.1) is 11.4 Å². The summed E-state index contributed by atoms with van der Waals surface area (Å²) in [6.45, 7) is 2.97. The highest BCUT2D eigenvalue weighted by Gasteiger charge is 2.00. The molecule has 3 nitrogen and oxygen atoms in total. The molecule has 0 spiro atoms. The Hall–Kier alpha value is -0.900. The minimum atomic E-state index is 0.492. The average molecular weight is 169 g/mol. The number of aryl methyl sites for hydroxylation is 1. The first-order chi connectivity index (χ1) is 5.24. The van der Waals surface area contributed by atoms with Gasteiger partial charge in [-0.3, -0.25) is 0 Å². The van der Waals surface area contributed by atoms with Crippen LogP contribution in [0.4, 0.5) is 0 Å². The third-order valence-electron chi connectivity index (χ3n) is 1.47. The molecule has 4 heteroatoms. The van der Waals surface area contributed by atoms with Gasteiger partial charge in [0.2, 0.25) is 0 Å². The number of hydrogen-bond donors (Lipinski definition) is 1. The fourth-order valence-corrected chi connectivity index (χ4v) is 1.08. The topological polar surface area (TPSA) is 43.8 Å². The molecule has 60 valence electrons. The first-order valence-electron chi connectivity index (χ1n) is 3.52. The van der Waals surface area contributed by atoms with E-state index in [0.717, 1.165) is 12.4 Å². The van der Waals surface area contributed by atoms with Gasteiger partial charge in [-0.15, -0.1) is 0 Å². The molecule has 0 saturated heterocycles. The highest BCUT2D eigenvalue weighted by molar-refractivity contribution is 7.80. The molecule has 0 amide bonds. The Labute approximate surface area is 71.2 Å². The van der Waals surface area contributed by atoms with Crippen molar-refractivity contribution in [3.05, 3.63) is 18.2 Å². The Bertz CT molecular complexity index is 254. The van der Waals surface area contributed by atoms with E-state index < -0.39 is 0 Å². The van der Waals surface area contributed by atoms with E-state index in [2.05, 4.69) is 11.9 Å². The zero-order valence-electron chi connectivity index (χ0n) is 6.45. The van der Waals surface area contributed by atoms with Crippen molar-refractivity contribution in [2.24, 2.45) is 5.73 Å². The molecule has 1 rings (SSSR count). The third-order valence-corrected chi connectivity index (χ3v) is 1.62. The first-order valence-corrected chi connectivity index (χ1v) is 3.93. The summed E-state index contributed by atoms with van der Waals surface area (Å²) in [7, 11) is 0. The van der Waals surface area contributed by atoms with Gasteiger partial charge in [0, 0.05) is 18.9 Å². The second-order valence-electron chi connectivity index (χ2n) is 2.27. The SMILES string of the molecule is CCn1ccnc1CC(N)=S. The largest absolute Gasteiger partial charge is 0.393 e. The quantitative estimate of drug-likeness (QED) is 0.678. The molecule has 0 unspecified atom stereocenters. The van der Waals surface area contributed by atoms with Crippen LogP contribution in [0.25, 0.3) is 0 Å². The molecule has 1 aromatic rings. The van der Waals surface area contributed by atoms with E-state index in [9.17, 15) is 0 Å². The monoisotopic (exact) mass is 169 g/mol. The number of thiocarbonyl (C=S) groups is 1. The maximum Gasteiger partial charge on any atom is 0.115 e. The molecule has 0 aromatic carbocycles. The molecule has 2 N–H and O–H groups in total. The van der Waals surface area contributed by atoms with Crippen LogP contribution in [-0.2, 0) is 13.0 Å². The van der Waals surface area contributed by atoms with E-state index >= 15 is 0 Å². The Balaban J connectivity index is 2.76. The normalized spacial score (nSPS) is 9.91. The molecule has 0 aliphatic carbocycles. The third kappa shape index (κ3) is 2.01. The van der Waals surface area contributed by atoms with Crippen molar-refractivity contribution in [2.45, 2.75) is 19.9 Å². The van der Waals surface area contributed by atoms with Gasteiger partial charge in [0.25, 0.3) is 0 Å². The summed E-state index contributed by atoms with van der Waals surface area (Å²) in [5, 5.41) is 0. The molecule has 0 radical (unpaired) electrons. The molecule has 0 aliphatic heterocycles. The summed E-state index contributed by atoms with van der Waals surface area (Å²) < 4.78 is 2.03. The van der Waals surface area contributed by atoms with Crippen molar-refractivity contribution in [3.8, 4) is 0 Å². The van der Waals surface area contributed by atoms with Crippen molar-refractivity contribution in [1.29, 1.82) is 0 Å². The molecule has 0 bridgehead atoms. The van der Waals surface area contributed by atoms with E-state index in [1.807, 2.05) is 10.8 Å². The van der Waals surface area contributed by atoms with Crippen LogP contribution in [0.1, 0.15) is 12.7 Å². The van der Waals surface area contributed by atoms with Crippen molar-refractivity contribution >= 4 is 17.2 Å². The summed E-state index contributed by atoms with van der Waals surface area (Å²) in [6.07, 6.45) is 4.28. The Kier molecular flexibility index (Phi) is 2.59. The fourth-order valence-electron chi connectivity index (χ4n) is 0.951. The predicted molar refractivity (Wildman–Crippen MR) is 48.4 cm³/mol. The highest BCUT2D eigenvalue weighted by atomic mass is 32.1. The van der Waals surface area contributed by atoms with Crippen LogP contribution in [0, 0.1) is 0 Å². The molecule has 0 fully saturated rings. The maximum absolute atomic E-state index is 5.39. The van der Waals surface area contributed by atoms with Gasteiger partial charge in [0.15, 0.2) is 0 Å². The van der Waals surface area contributed by atoms with Crippen LogP contribution in [0.5, 0.6) is 0 Å². The molecule has 0 aliphatic rings. The lowest BCUT2D eigenvalue weighted by Gasteiger charge is -2.01. The molecule has 0 atom stereocenters.